The van der Waals surface area contributed by atoms with E-state index >= 15 is 0 Å². The van der Waals surface area contributed by atoms with Crippen molar-refractivity contribution in [3.63, 3.8) is 0 Å². The zero-order chi connectivity index (χ0) is 29.0. The summed E-state index contributed by atoms with van der Waals surface area (Å²) in [5.41, 5.74) is 0. The number of carbonyl (C=O) groups is 1. The highest BCUT2D eigenvalue weighted by molar-refractivity contribution is 5.72. The molecular formula is C27H46O13. The first kappa shape index (κ1) is 32.0. The summed E-state index contributed by atoms with van der Waals surface area (Å²) in [6.45, 7) is 0.940. The van der Waals surface area contributed by atoms with Gasteiger partial charge in [0.05, 0.1) is 24.9 Å². The van der Waals surface area contributed by atoms with E-state index in [-0.39, 0.29) is 12.3 Å². The molecule has 40 heavy (non-hydrogen) atoms. The predicted molar refractivity (Wildman–Crippen MR) is 136 cm³/mol. The van der Waals surface area contributed by atoms with Crippen molar-refractivity contribution in [1.82, 2.24) is 0 Å². The van der Waals surface area contributed by atoms with Gasteiger partial charge in [0.25, 0.3) is 0 Å². The van der Waals surface area contributed by atoms with Crippen LogP contribution in [-0.2, 0) is 28.5 Å². The molecular weight excluding hydrogens is 532 g/mol. The fourth-order valence-corrected chi connectivity index (χ4v) is 6.30. The van der Waals surface area contributed by atoms with Crippen LogP contribution < -0.4 is 0 Å². The Labute approximate surface area is 233 Å². The third kappa shape index (κ3) is 7.51. The topological polar surface area (TPSA) is 205 Å². The summed E-state index contributed by atoms with van der Waals surface area (Å²) < 4.78 is 29.2. The van der Waals surface area contributed by atoms with E-state index in [0.717, 1.165) is 44.9 Å². The minimum Gasteiger partial charge on any atom is -0.479 e. The van der Waals surface area contributed by atoms with E-state index < -0.39 is 92.3 Å². The molecule has 0 aromatic heterocycles. The van der Waals surface area contributed by atoms with Gasteiger partial charge in [0.2, 0.25) is 0 Å². The maximum atomic E-state index is 12.1. The van der Waals surface area contributed by atoms with E-state index in [0.29, 0.717) is 12.8 Å². The first-order chi connectivity index (χ1) is 19.1. The number of aliphatic carboxylic acids is 1. The Hall–Kier alpha value is -0.970. The zero-order valence-electron chi connectivity index (χ0n) is 22.9. The van der Waals surface area contributed by atoms with E-state index in [2.05, 4.69) is 0 Å². The summed E-state index contributed by atoms with van der Waals surface area (Å²) in [6.07, 6.45) is -8.00. The van der Waals surface area contributed by atoms with Gasteiger partial charge < -0.3 is 59.4 Å². The number of hydrogen-bond donors (Lipinski definition) is 7. The van der Waals surface area contributed by atoms with Crippen LogP contribution in [0.3, 0.4) is 0 Å². The van der Waals surface area contributed by atoms with Gasteiger partial charge in [-0.2, -0.15) is 0 Å². The van der Waals surface area contributed by atoms with E-state index in [1.807, 2.05) is 0 Å². The van der Waals surface area contributed by atoms with Crippen molar-refractivity contribution in [3.05, 3.63) is 0 Å². The number of carboxylic acid groups (broad SMARTS) is 1. The molecule has 4 rings (SSSR count). The van der Waals surface area contributed by atoms with Crippen LogP contribution in [-0.4, -0.2) is 128 Å². The van der Waals surface area contributed by atoms with Gasteiger partial charge in [0, 0.05) is 0 Å². The van der Waals surface area contributed by atoms with Crippen LogP contribution in [0.15, 0.2) is 0 Å². The Bertz CT molecular complexity index is 794. The average Bonchev–Trinajstić information content (AvgIpc) is 2.95. The van der Waals surface area contributed by atoms with Crippen LogP contribution >= 0.6 is 0 Å². The molecule has 2 aliphatic carbocycles. The van der Waals surface area contributed by atoms with Gasteiger partial charge in [-0.1, -0.05) is 44.9 Å². The highest BCUT2D eigenvalue weighted by Gasteiger charge is 2.50. The molecule has 7 N–H and O–H groups in total. The Morgan fingerprint density at radius 3 is 1.93 bits per heavy atom. The number of ether oxygens (including phenoxy) is 5. The minimum atomic E-state index is -1.57. The zero-order valence-corrected chi connectivity index (χ0v) is 22.9. The molecule has 232 valence electrons. The molecule has 0 bridgehead atoms. The monoisotopic (exact) mass is 578 g/mol. The smallest absolute Gasteiger partial charge is 0.332 e. The van der Waals surface area contributed by atoms with Crippen LogP contribution in [0.2, 0.25) is 0 Å². The van der Waals surface area contributed by atoms with Gasteiger partial charge in [0.15, 0.2) is 18.7 Å². The van der Waals surface area contributed by atoms with Gasteiger partial charge in [-0.15, -0.1) is 0 Å². The van der Waals surface area contributed by atoms with Gasteiger partial charge in [-0.3, -0.25) is 0 Å². The van der Waals surface area contributed by atoms with E-state index in [1.54, 1.807) is 6.92 Å². The Balaban J connectivity index is 1.43. The normalized spacial score (nSPS) is 44.3. The van der Waals surface area contributed by atoms with Crippen molar-refractivity contribution >= 4 is 5.97 Å². The SMILES string of the molecule is C[C@@H]1O[C@@H](O[C@@H]2CCCC[C@@H]2O[C@@H]2O[C@H](CO)[C@H](O)[C@@H](O[C@@H](CC3CCCCC3)C(=O)O)[C@H]2O)[C@@H](O)[C@H](O)[C@@H]1O. The average molecular weight is 579 g/mol. The quantitative estimate of drug-likeness (QED) is 0.173. The molecule has 0 aromatic carbocycles. The van der Waals surface area contributed by atoms with Crippen molar-refractivity contribution in [2.75, 3.05) is 6.61 Å². The molecule has 0 unspecified atom stereocenters. The predicted octanol–water partition coefficient (Wildman–Crippen LogP) is -0.594. The molecule has 0 radical (unpaired) electrons. The molecule has 13 heteroatoms. The first-order valence-electron chi connectivity index (χ1n) is 14.6. The second-order valence-corrected chi connectivity index (χ2v) is 11.7. The van der Waals surface area contributed by atoms with Gasteiger partial charge >= 0.3 is 5.97 Å². The number of aliphatic hydroxyl groups excluding tert-OH is 6. The molecule has 0 amide bonds. The second kappa shape index (κ2) is 14.5. The number of aliphatic hydroxyl groups is 6. The van der Waals surface area contributed by atoms with E-state index in [1.165, 1.54) is 0 Å². The Kier molecular flexibility index (Phi) is 11.6. The third-order valence-corrected chi connectivity index (χ3v) is 8.76. The maximum absolute atomic E-state index is 12.1. The number of hydrogen-bond acceptors (Lipinski definition) is 12. The fraction of sp³-hybridized carbons (Fsp3) is 0.963. The molecule has 4 aliphatic rings. The van der Waals surface area contributed by atoms with Crippen molar-refractivity contribution in [2.45, 2.75) is 151 Å². The number of carboxylic acids is 1. The van der Waals surface area contributed by atoms with Crippen LogP contribution in [0, 0.1) is 5.92 Å². The molecule has 0 aromatic rings. The Morgan fingerprint density at radius 2 is 1.35 bits per heavy atom. The third-order valence-electron chi connectivity index (χ3n) is 8.76. The fourth-order valence-electron chi connectivity index (χ4n) is 6.30. The molecule has 2 aliphatic heterocycles. The lowest BCUT2D eigenvalue weighted by atomic mass is 9.85. The summed E-state index contributed by atoms with van der Waals surface area (Å²) in [7, 11) is 0. The van der Waals surface area contributed by atoms with E-state index in [9.17, 15) is 40.5 Å². The van der Waals surface area contributed by atoms with Crippen LogP contribution in [0.25, 0.3) is 0 Å². The lowest BCUT2D eigenvalue weighted by Crippen LogP contribution is -2.62. The van der Waals surface area contributed by atoms with Crippen molar-refractivity contribution < 1.29 is 64.2 Å². The lowest BCUT2D eigenvalue weighted by Gasteiger charge is -2.46. The summed E-state index contributed by atoms with van der Waals surface area (Å²) >= 11 is 0. The lowest BCUT2D eigenvalue weighted by molar-refractivity contribution is -0.345. The van der Waals surface area contributed by atoms with E-state index in [4.69, 9.17) is 23.7 Å². The van der Waals surface area contributed by atoms with Gasteiger partial charge in [0.1, 0.15) is 42.7 Å². The molecule has 2 heterocycles. The summed E-state index contributed by atoms with van der Waals surface area (Å²) in [5.74, 6) is -1.02. The van der Waals surface area contributed by atoms with Crippen molar-refractivity contribution in [2.24, 2.45) is 5.92 Å². The molecule has 4 fully saturated rings. The summed E-state index contributed by atoms with van der Waals surface area (Å²) in [4.78, 5) is 12.1. The van der Waals surface area contributed by atoms with Crippen molar-refractivity contribution in [3.8, 4) is 0 Å². The van der Waals surface area contributed by atoms with Crippen LogP contribution in [0.1, 0.15) is 71.1 Å². The highest BCUT2D eigenvalue weighted by Crippen LogP contribution is 2.34. The van der Waals surface area contributed by atoms with Gasteiger partial charge in [-0.05, 0) is 32.1 Å². The van der Waals surface area contributed by atoms with Crippen LogP contribution in [0.5, 0.6) is 0 Å². The molecule has 13 nitrogen and oxygen atoms in total. The Morgan fingerprint density at radius 1 is 0.775 bits per heavy atom. The standard InChI is InChI=1S/C27H46O13/c1-13-19(29)21(31)22(32)26(36-13)38-15-9-5-6-10-16(15)39-27-23(33)24(20(30)18(12-28)40-27)37-17(25(34)35)11-14-7-3-2-4-8-14/h13-24,26-33H,2-12H2,1H3,(H,34,35)/t13-,15+,16-,17-,18+,19+,20-,21+,22-,23+,24+,26-,27+/m0/s1. The largest absolute Gasteiger partial charge is 0.479 e. The minimum absolute atomic E-state index is 0.171. The summed E-state index contributed by atoms with van der Waals surface area (Å²) in [6, 6.07) is 0. The second-order valence-electron chi connectivity index (χ2n) is 11.7. The first-order valence-corrected chi connectivity index (χ1v) is 14.6. The molecule has 2 saturated heterocycles. The highest BCUT2D eigenvalue weighted by atomic mass is 16.7. The number of rotatable bonds is 10. The molecule has 0 spiro atoms. The summed E-state index contributed by atoms with van der Waals surface area (Å²) in [5, 5.41) is 72.2. The van der Waals surface area contributed by atoms with Gasteiger partial charge in [-0.25, -0.2) is 4.79 Å². The maximum Gasteiger partial charge on any atom is 0.332 e. The van der Waals surface area contributed by atoms with Crippen LogP contribution in [0.4, 0.5) is 0 Å². The molecule has 2 saturated carbocycles. The van der Waals surface area contributed by atoms with Crippen molar-refractivity contribution in [1.29, 1.82) is 0 Å². The molecule has 13 atom stereocenters.